The summed E-state index contributed by atoms with van der Waals surface area (Å²) in [5, 5.41) is 8.84. The van der Waals surface area contributed by atoms with Gasteiger partial charge in [-0.05, 0) is 18.7 Å². The number of rotatable bonds is 6. The summed E-state index contributed by atoms with van der Waals surface area (Å²) in [5.41, 5.74) is 0. The summed E-state index contributed by atoms with van der Waals surface area (Å²) in [4.78, 5) is 27.2. The van der Waals surface area contributed by atoms with Crippen LogP contribution in [0.4, 0.5) is 0 Å². The number of carboxylic acid groups (broad SMARTS) is 1. The highest BCUT2D eigenvalue weighted by Gasteiger charge is 2.13. The largest absolute Gasteiger partial charge is 0.477 e. The lowest BCUT2D eigenvalue weighted by Crippen LogP contribution is -2.36. The van der Waals surface area contributed by atoms with Crippen molar-refractivity contribution in [2.75, 3.05) is 27.2 Å². The van der Waals surface area contributed by atoms with Gasteiger partial charge in [0.05, 0.1) is 6.54 Å². The maximum Gasteiger partial charge on any atom is 0.345 e. The first-order valence-electron chi connectivity index (χ1n) is 5.68. The number of hydrogen-bond donors (Lipinski definition) is 1. The molecule has 0 saturated carbocycles. The number of carbonyl (C=O) groups is 2. The van der Waals surface area contributed by atoms with E-state index in [-0.39, 0.29) is 5.91 Å². The standard InChI is InChI=1S/C12H18N2O3S/c1-4-14(8-11(15)13(2)3)7-9-5-6-10(18-9)12(16)17/h5-6H,4,7-8H2,1-3H3,(H,16,17). The molecule has 1 aromatic heterocycles. The Hall–Kier alpha value is -1.40. The first-order chi connectivity index (χ1) is 8.43. The Bertz CT molecular complexity index is 429. The van der Waals surface area contributed by atoms with Gasteiger partial charge in [0.15, 0.2) is 0 Å². The van der Waals surface area contributed by atoms with E-state index in [0.717, 1.165) is 11.4 Å². The van der Waals surface area contributed by atoms with Crippen molar-refractivity contribution in [3.05, 3.63) is 21.9 Å². The number of amides is 1. The van der Waals surface area contributed by atoms with Crippen molar-refractivity contribution < 1.29 is 14.7 Å². The molecule has 18 heavy (non-hydrogen) atoms. The molecule has 0 aliphatic carbocycles. The molecule has 1 heterocycles. The Morgan fingerprint density at radius 2 is 2.00 bits per heavy atom. The molecule has 0 aliphatic heterocycles. The SMILES string of the molecule is CCN(CC(=O)N(C)C)Cc1ccc(C(=O)O)s1. The molecule has 0 fully saturated rings. The van der Waals surface area contributed by atoms with Crippen molar-refractivity contribution in [3.63, 3.8) is 0 Å². The maximum atomic E-state index is 11.6. The Labute approximate surface area is 111 Å². The van der Waals surface area contributed by atoms with Crippen molar-refractivity contribution in [3.8, 4) is 0 Å². The molecular weight excluding hydrogens is 252 g/mol. The van der Waals surface area contributed by atoms with Crippen LogP contribution in [0.3, 0.4) is 0 Å². The fourth-order valence-corrected chi connectivity index (χ4v) is 2.30. The molecule has 0 bridgehead atoms. The topological polar surface area (TPSA) is 60.9 Å². The van der Waals surface area contributed by atoms with Gasteiger partial charge in [-0.1, -0.05) is 6.92 Å². The van der Waals surface area contributed by atoms with Crippen LogP contribution in [-0.2, 0) is 11.3 Å². The van der Waals surface area contributed by atoms with Crippen molar-refractivity contribution in [1.82, 2.24) is 9.80 Å². The van der Waals surface area contributed by atoms with Gasteiger partial charge >= 0.3 is 5.97 Å². The lowest BCUT2D eigenvalue weighted by Gasteiger charge is -2.21. The van der Waals surface area contributed by atoms with E-state index >= 15 is 0 Å². The summed E-state index contributed by atoms with van der Waals surface area (Å²) >= 11 is 1.25. The Kier molecular flexibility index (Phi) is 5.30. The van der Waals surface area contributed by atoms with Gasteiger partial charge in [0.2, 0.25) is 5.91 Å². The highest BCUT2D eigenvalue weighted by Crippen LogP contribution is 2.18. The zero-order valence-corrected chi connectivity index (χ0v) is 11.7. The second-order valence-corrected chi connectivity index (χ2v) is 5.33. The fourth-order valence-electron chi connectivity index (χ4n) is 1.41. The van der Waals surface area contributed by atoms with Gasteiger partial charge < -0.3 is 10.0 Å². The van der Waals surface area contributed by atoms with E-state index in [9.17, 15) is 9.59 Å². The molecule has 1 aromatic rings. The van der Waals surface area contributed by atoms with Gasteiger partial charge in [0.25, 0.3) is 0 Å². The molecule has 0 saturated heterocycles. The third-order valence-corrected chi connectivity index (χ3v) is 3.61. The van der Waals surface area contributed by atoms with Crippen molar-refractivity contribution in [1.29, 1.82) is 0 Å². The molecule has 0 aromatic carbocycles. The minimum atomic E-state index is -0.904. The summed E-state index contributed by atoms with van der Waals surface area (Å²) in [5.74, 6) is -0.856. The van der Waals surface area contributed by atoms with E-state index in [1.54, 1.807) is 31.1 Å². The number of nitrogens with zero attached hydrogens (tertiary/aromatic N) is 2. The molecule has 1 amide bonds. The van der Waals surface area contributed by atoms with E-state index < -0.39 is 5.97 Å². The number of hydrogen-bond acceptors (Lipinski definition) is 4. The van der Waals surface area contributed by atoms with Crippen LogP contribution in [0.15, 0.2) is 12.1 Å². The van der Waals surface area contributed by atoms with Crippen LogP contribution in [0.5, 0.6) is 0 Å². The van der Waals surface area contributed by atoms with Crippen LogP contribution in [0.25, 0.3) is 0 Å². The van der Waals surface area contributed by atoms with Crippen LogP contribution in [-0.4, -0.2) is 54.0 Å². The highest BCUT2D eigenvalue weighted by molar-refractivity contribution is 7.13. The van der Waals surface area contributed by atoms with Crippen LogP contribution in [0.1, 0.15) is 21.5 Å². The molecule has 1 rings (SSSR count). The van der Waals surface area contributed by atoms with Crippen LogP contribution >= 0.6 is 11.3 Å². The lowest BCUT2D eigenvalue weighted by atomic mass is 10.3. The van der Waals surface area contributed by atoms with Gasteiger partial charge in [-0.3, -0.25) is 9.69 Å². The summed E-state index contributed by atoms with van der Waals surface area (Å²) in [7, 11) is 3.45. The predicted molar refractivity (Wildman–Crippen MR) is 70.9 cm³/mol. The summed E-state index contributed by atoms with van der Waals surface area (Å²) in [6, 6.07) is 3.40. The molecule has 0 atom stereocenters. The monoisotopic (exact) mass is 270 g/mol. The van der Waals surface area contributed by atoms with E-state index in [1.807, 2.05) is 11.8 Å². The Morgan fingerprint density at radius 1 is 1.33 bits per heavy atom. The summed E-state index contributed by atoms with van der Waals surface area (Å²) in [6.45, 7) is 3.69. The maximum absolute atomic E-state index is 11.6. The van der Waals surface area contributed by atoms with Gasteiger partial charge in [0, 0.05) is 25.5 Å². The van der Waals surface area contributed by atoms with Gasteiger partial charge in [-0.25, -0.2) is 4.79 Å². The third-order valence-electron chi connectivity index (χ3n) is 2.56. The van der Waals surface area contributed by atoms with Crippen molar-refractivity contribution in [2.24, 2.45) is 0 Å². The molecule has 100 valence electrons. The first-order valence-corrected chi connectivity index (χ1v) is 6.50. The molecule has 0 spiro atoms. The van der Waals surface area contributed by atoms with E-state index in [0.29, 0.717) is 18.0 Å². The number of thiophene rings is 1. The van der Waals surface area contributed by atoms with E-state index in [4.69, 9.17) is 5.11 Å². The molecule has 0 aliphatic rings. The lowest BCUT2D eigenvalue weighted by molar-refractivity contribution is -0.130. The molecule has 0 unspecified atom stereocenters. The van der Waals surface area contributed by atoms with Crippen LogP contribution < -0.4 is 0 Å². The number of carbonyl (C=O) groups excluding carboxylic acids is 1. The molecule has 5 nitrogen and oxygen atoms in total. The Balaban J connectivity index is 2.62. The summed E-state index contributed by atoms with van der Waals surface area (Å²) < 4.78 is 0. The summed E-state index contributed by atoms with van der Waals surface area (Å²) in [6.07, 6.45) is 0. The number of carboxylic acids is 1. The van der Waals surface area contributed by atoms with Crippen molar-refractivity contribution >= 4 is 23.2 Å². The first kappa shape index (κ1) is 14.7. The minimum absolute atomic E-state index is 0.0480. The second-order valence-electron chi connectivity index (χ2n) is 4.16. The van der Waals surface area contributed by atoms with Gasteiger partial charge in [-0.15, -0.1) is 11.3 Å². The number of aromatic carboxylic acids is 1. The predicted octanol–water partition coefficient (Wildman–Crippen LogP) is 1.36. The smallest absolute Gasteiger partial charge is 0.345 e. The third kappa shape index (κ3) is 4.12. The van der Waals surface area contributed by atoms with E-state index in [2.05, 4.69) is 0 Å². The quantitative estimate of drug-likeness (QED) is 0.848. The zero-order valence-electron chi connectivity index (χ0n) is 10.8. The second kappa shape index (κ2) is 6.51. The Morgan fingerprint density at radius 3 is 2.44 bits per heavy atom. The zero-order chi connectivity index (χ0) is 13.7. The number of likely N-dealkylation sites (N-methyl/N-ethyl adjacent to an activating group) is 2. The molecule has 0 radical (unpaired) electrons. The van der Waals surface area contributed by atoms with Crippen molar-refractivity contribution in [2.45, 2.75) is 13.5 Å². The van der Waals surface area contributed by atoms with Gasteiger partial charge in [-0.2, -0.15) is 0 Å². The fraction of sp³-hybridized carbons (Fsp3) is 0.500. The van der Waals surface area contributed by atoms with E-state index in [1.165, 1.54) is 11.3 Å². The minimum Gasteiger partial charge on any atom is -0.477 e. The normalized spacial score (nSPS) is 10.7. The molecule has 1 N–H and O–H groups in total. The molecule has 6 heteroatoms. The van der Waals surface area contributed by atoms with Gasteiger partial charge in [0.1, 0.15) is 4.88 Å². The average molecular weight is 270 g/mol. The van der Waals surface area contributed by atoms with Crippen LogP contribution in [0.2, 0.25) is 0 Å². The average Bonchev–Trinajstić information content (AvgIpc) is 2.76. The van der Waals surface area contributed by atoms with Crippen LogP contribution in [0, 0.1) is 0 Å². The highest BCUT2D eigenvalue weighted by atomic mass is 32.1. The molecular formula is C12H18N2O3S.